The quantitative estimate of drug-likeness (QED) is 0.878. The van der Waals surface area contributed by atoms with E-state index in [1.54, 1.807) is 44.4 Å². The third-order valence-corrected chi connectivity index (χ3v) is 3.43. The lowest BCUT2D eigenvalue weighted by atomic mass is 10.1. The molecule has 0 bridgehead atoms. The van der Waals surface area contributed by atoms with Gasteiger partial charge in [-0.3, -0.25) is 4.79 Å². The summed E-state index contributed by atoms with van der Waals surface area (Å²) in [4.78, 5) is 12.3. The Kier molecular flexibility index (Phi) is 5.71. The van der Waals surface area contributed by atoms with Crippen molar-refractivity contribution in [2.75, 3.05) is 19.0 Å². The Labute approximate surface area is 135 Å². The molecule has 0 unspecified atom stereocenters. The smallest absolute Gasteiger partial charge is 0.255 e. The maximum atomic E-state index is 13.5. The molecule has 2 aromatic rings. The zero-order valence-electron chi connectivity index (χ0n) is 13.5. The van der Waals surface area contributed by atoms with Crippen LogP contribution in [0, 0.1) is 12.7 Å². The molecular weight excluding hydrogens is 297 g/mol. The van der Waals surface area contributed by atoms with Gasteiger partial charge in [-0.25, -0.2) is 4.39 Å². The van der Waals surface area contributed by atoms with E-state index in [0.29, 0.717) is 35.8 Å². The molecule has 2 rings (SSSR count). The van der Waals surface area contributed by atoms with Crippen molar-refractivity contribution in [3.8, 4) is 5.75 Å². The molecule has 4 nitrogen and oxygen atoms in total. The molecule has 0 aliphatic heterocycles. The van der Waals surface area contributed by atoms with Gasteiger partial charge in [-0.15, -0.1) is 0 Å². The average molecular weight is 317 g/mol. The predicted molar refractivity (Wildman–Crippen MR) is 87.4 cm³/mol. The van der Waals surface area contributed by atoms with Gasteiger partial charge in [0.05, 0.1) is 13.7 Å². The molecule has 0 fully saturated rings. The molecule has 2 aromatic carbocycles. The summed E-state index contributed by atoms with van der Waals surface area (Å²) >= 11 is 0. The van der Waals surface area contributed by atoms with Crippen LogP contribution in [0.3, 0.4) is 0 Å². The Hall–Kier alpha value is -2.40. The number of aryl methyl sites for hydroxylation is 1. The zero-order valence-corrected chi connectivity index (χ0v) is 13.5. The average Bonchev–Trinajstić information content (AvgIpc) is 2.56. The van der Waals surface area contributed by atoms with Crippen LogP contribution in [0.4, 0.5) is 10.1 Å². The lowest BCUT2D eigenvalue weighted by molar-refractivity contribution is 0.102. The molecule has 0 saturated carbocycles. The molecule has 1 N–H and O–H groups in total. The van der Waals surface area contributed by atoms with Gasteiger partial charge in [0, 0.05) is 23.4 Å². The number of halogens is 1. The highest BCUT2D eigenvalue weighted by Gasteiger charge is 2.11. The number of rotatable bonds is 6. The number of amides is 1. The Morgan fingerprint density at radius 2 is 2.00 bits per heavy atom. The highest BCUT2D eigenvalue weighted by molar-refractivity contribution is 6.04. The highest BCUT2D eigenvalue weighted by atomic mass is 19.1. The van der Waals surface area contributed by atoms with Crippen molar-refractivity contribution in [1.82, 2.24) is 0 Å². The summed E-state index contributed by atoms with van der Waals surface area (Å²) in [5.74, 6) is -0.000370. The van der Waals surface area contributed by atoms with Gasteiger partial charge in [-0.2, -0.15) is 0 Å². The maximum Gasteiger partial charge on any atom is 0.255 e. The number of ether oxygens (including phenoxy) is 2. The minimum atomic E-state index is -0.352. The van der Waals surface area contributed by atoms with Crippen molar-refractivity contribution in [1.29, 1.82) is 0 Å². The van der Waals surface area contributed by atoms with Gasteiger partial charge >= 0.3 is 0 Å². The molecular formula is C18H20FNO3. The maximum absolute atomic E-state index is 13.5. The third-order valence-electron chi connectivity index (χ3n) is 3.43. The van der Waals surface area contributed by atoms with E-state index in [9.17, 15) is 9.18 Å². The van der Waals surface area contributed by atoms with Gasteiger partial charge in [0.15, 0.2) is 0 Å². The normalized spacial score (nSPS) is 10.4. The summed E-state index contributed by atoms with van der Waals surface area (Å²) in [6.45, 7) is 4.50. The second-order valence-corrected chi connectivity index (χ2v) is 5.08. The lowest BCUT2D eigenvalue weighted by Gasteiger charge is -2.11. The van der Waals surface area contributed by atoms with Crippen LogP contribution in [0.15, 0.2) is 36.4 Å². The van der Waals surface area contributed by atoms with E-state index in [1.807, 2.05) is 6.92 Å². The van der Waals surface area contributed by atoms with Gasteiger partial charge in [0.25, 0.3) is 5.91 Å². The summed E-state index contributed by atoms with van der Waals surface area (Å²) in [6, 6.07) is 9.69. The number of carbonyl (C=O) groups is 1. The molecule has 122 valence electrons. The highest BCUT2D eigenvalue weighted by Crippen LogP contribution is 2.22. The Morgan fingerprint density at radius 1 is 1.22 bits per heavy atom. The van der Waals surface area contributed by atoms with Gasteiger partial charge < -0.3 is 14.8 Å². The molecule has 0 saturated heterocycles. The van der Waals surface area contributed by atoms with E-state index >= 15 is 0 Å². The molecule has 5 heteroatoms. The van der Waals surface area contributed by atoms with Crippen molar-refractivity contribution >= 4 is 11.6 Å². The van der Waals surface area contributed by atoms with Crippen LogP contribution < -0.4 is 10.1 Å². The number of anilines is 1. The molecule has 0 aliphatic rings. The van der Waals surface area contributed by atoms with Crippen molar-refractivity contribution in [2.45, 2.75) is 20.5 Å². The minimum Gasteiger partial charge on any atom is -0.496 e. The second kappa shape index (κ2) is 7.74. The van der Waals surface area contributed by atoms with E-state index < -0.39 is 0 Å². The number of benzene rings is 2. The van der Waals surface area contributed by atoms with E-state index in [-0.39, 0.29) is 11.7 Å². The van der Waals surface area contributed by atoms with Gasteiger partial charge in [-0.1, -0.05) is 6.07 Å². The second-order valence-electron chi connectivity index (χ2n) is 5.08. The van der Waals surface area contributed by atoms with E-state index in [2.05, 4.69) is 5.32 Å². The largest absolute Gasteiger partial charge is 0.496 e. The molecule has 23 heavy (non-hydrogen) atoms. The molecule has 0 aliphatic carbocycles. The van der Waals surface area contributed by atoms with Crippen LogP contribution in [0.25, 0.3) is 0 Å². The number of methoxy groups -OCH3 is 1. The Balaban J connectivity index is 2.19. The summed E-state index contributed by atoms with van der Waals surface area (Å²) in [5.41, 5.74) is 2.20. The van der Waals surface area contributed by atoms with Crippen LogP contribution in [0.2, 0.25) is 0 Å². The van der Waals surface area contributed by atoms with Crippen LogP contribution in [-0.2, 0) is 11.3 Å². The monoisotopic (exact) mass is 317 g/mol. The summed E-state index contributed by atoms with van der Waals surface area (Å²) in [6.07, 6.45) is 0. The van der Waals surface area contributed by atoms with E-state index in [4.69, 9.17) is 9.47 Å². The number of nitrogens with one attached hydrogen (secondary N) is 1. The summed E-state index contributed by atoms with van der Waals surface area (Å²) in [5, 5.41) is 2.69. The van der Waals surface area contributed by atoms with E-state index in [0.717, 1.165) is 5.56 Å². The number of carbonyl (C=O) groups excluding carboxylic acids is 1. The lowest BCUT2D eigenvalue weighted by Crippen LogP contribution is -2.13. The summed E-state index contributed by atoms with van der Waals surface area (Å²) < 4.78 is 24.2. The van der Waals surface area contributed by atoms with Crippen LogP contribution in [0.1, 0.15) is 28.4 Å². The van der Waals surface area contributed by atoms with Crippen molar-refractivity contribution < 1.29 is 18.7 Å². The SMILES string of the molecule is CCOCc1cc(C(=O)Nc2ccc(C)c(F)c2)ccc1OC. The number of hydrogen-bond acceptors (Lipinski definition) is 3. The molecule has 0 spiro atoms. The van der Waals surface area contributed by atoms with Gasteiger partial charge in [0.1, 0.15) is 11.6 Å². The topological polar surface area (TPSA) is 47.6 Å². The van der Waals surface area contributed by atoms with E-state index in [1.165, 1.54) is 6.07 Å². The Bertz CT molecular complexity index is 701. The molecule has 0 heterocycles. The summed E-state index contributed by atoms with van der Waals surface area (Å²) in [7, 11) is 1.57. The van der Waals surface area contributed by atoms with Crippen molar-refractivity contribution in [3.63, 3.8) is 0 Å². The fraction of sp³-hybridized carbons (Fsp3) is 0.278. The van der Waals surface area contributed by atoms with Crippen LogP contribution in [0.5, 0.6) is 5.75 Å². The van der Waals surface area contributed by atoms with Crippen LogP contribution >= 0.6 is 0 Å². The first kappa shape index (κ1) is 17.0. The molecule has 1 amide bonds. The third kappa shape index (κ3) is 4.29. The first-order chi connectivity index (χ1) is 11.0. The predicted octanol–water partition coefficient (Wildman–Crippen LogP) is 3.93. The minimum absolute atomic E-state index is 0.311. The zero-order chi connectivity index (χ0) is 16.8. The first-order valence-electron chi connectivity index (χ1n) is 7.37. The van der Waals surface area contributed by atoms with Crippen LogP contribution in [-0.4, -0.2) is 19.6 Å². The molecule has 0 atom stereocenters. The molecule has 0 radical (unpaired) electrons. The van der Waals surface area contributed by atoms with Crippen molar-refractivity contribution in [3.05, 3.63) is 58.9 Å². The Morgan fingerprint density at radius 3 is 2.65 bits per heavy atom. The van der Waals surface area contributed by atoms with Crippen molar-refractivity contribution in [2.24, 2.45) is 0 Å². The van der Waals surface area contributed by atoms with Gasteiger partial charge in [-0.05, 0) is 49.7 Å². The number of hydrogen-bond donors (Lipinski definition) is 1. The molecule has 0 aromatic heterocycles. The van der Waals surface area contributed by atoms with Gasteiger partial charge in [0.2, 0.25) is 0 Å². The standard InChI is InChI=1S/C18H20FNO3/c1-4-23-11-14-9-13(6-8-17(14)22-3)18(21)20-15-7-5-12(2)16(19)10-15/h5-10H,4,11H2,1-3H3,(H,20,21). The fourth-order valence-corrected chi connectivity index (χ4v) is 2.12. The first-order valence-corrected chi connectivity index (χ1v) is 7.37. The fourth-order valence-electron chi connectivity index (χ4n) is 2.12.